The van der Waals surface area contributed by atoms with Crippen molar-refractivity contribution in [3.05, 3.63) is 11.3 Å². The van der Waals surface area contributed by atoms with Crippen molar-refractivity contribution in [2.45, 2.75) is 76.5 Å². The van der Waals surface area contributed by atoms with Gasteiger partial charge < -0.3 is 4.74 Å². The Hall–Kier alpha value is -0.830. The van der Waals surface area contributed by atoms with Crippen LogP contribution < -0.4 is 0 Å². The van der Waals surface area contributed by atoms with Gasteiger partial charge in [-0.1, -0.05) is 19.8 Å². The van der Waals surface area contributed by atoms with Crippen molar-refractivity contribution in [1.29, 1.82) is 0 Å². The van der Waals surface area contributed by atoms with E-state index in [9.17, 15) is 4.79 Å². The van der Waals surface area contributed by atoms with Gasteiger partial charge >= 0.3 is 0 Å². The molecule has 0 amide bonds. The summed E-state index contributed by atoms with van der Waals surface area (Å²) >= 11 is 0. The third-order valence-corrected chi connectivity index (χ3v) is 6.46. The zero-order chi connectivity index (χ0) is 14.6. The maximum absolute atomic E-state index is 12.7. The molecule has 4 rings (SSSR count). The minimum absolute atomic E-state index is 0.173. The van der Waals surface area contributed by atoms with Gasteiger partial charge in [-0.05, 0) is 44.6 Å². The van der Waals surface area contributed by atoms with E-state index >= 15 is 0 Å². The molecule has 3 aliphatic heterocycles. The van der Waals surface area contributed by atoms with Gasteiger partial charge in [0.25, 0.3) is 0 Å². The molecule has 0 spiro atoms. The SMILES string of the molecule is CC1CCC([C@H]2CC(=O)C3=C(C[C@H]4CCC3N4C)O2)CC1. The lowest BCUT2D eigenvalue weighted by Gasteiger charge is -2.41. The molecule has 4 aliphatic rings. The molecule has 3 heterocycles. The maximum atomic E-state index is 12.7. The highest BCUT2D eigenvalue weighted by Gasteiger charge is 2.46. The summed E-state index contributed by atoms with van der Waals surface area (Å²) in [6.45, 7) is 2.35. The van der Waals surface area contributed by atoms with Gasteiger partial charge in [-0.3, -0.25) is 9.69 Å². The van der Waals surface area contributed by atoms with Crippen LogP contribution in [-0.4, -0.2) is 35.9 Å². The van der Waals surface area contributed by atoms with Gasteiger partial charge in [0, 0.05) is 24.9 Å². The normalized spacial score (nSPS) is 43.7. The number of nitrogens with zero attached hydrogens (tertiary/aromatic N) is 1. The Bertz CT molecular complexity index is 476. The van der Waals surface area contributed by atoms with Crippen molar-refractivity contribution < 1.29 is 9.53 Å². The summed E-state index contributed by atoms with van der Waals surface area (Å²) in [7, 11) is 2.17. The highest BCUT2D eigenvalue weighted by Crippen LogP contribution is 2.44. The molecular weight excluding hydrogens is 262 g/mol. The Morgan fingerprint density at radius 3 is 2.57 bits per heavy atom. The molecule has 3 nitrogen and oxygen atoms in total. The van der Waals surface area contributed by atoms with Crippen LogP contribution in [0.4, 0.5) is 0 Å². The molecule has 3 atom stereocenters. The van der Waals surface area contributed by atoms with E-state index in [2.05, 4.69) is 18.9 Å². The first-order valence-electron chi connectivity index (χ1n) is 8.78. The number of hydrogen-bond acceptors (Lipinski definition) is 3. The van der Waals surface area contributed by atoms with E-state index in [1.165, 1.54) is 32.1 Å². The molecule has 0 aromatic carbocycles. The summed E-state index contributed by atoms with van der Waals surface area (Å²) in [6.07, 6.45) is 9.23. The molecule has 1 aliphatic carbocycles. The van der Waals surface area contributed by atoms with Crippen LogP contribution >= 0.6 is 0 Å². The van der Waals surface area contributed by atoms with E-state index in [0.717, 1.165) is 30.1 Å². The van der Waals surface area contributed by atoms with Crippen LogP contribution in [-0.2, 0) is 9.53 Å². The summed E-state index contributed by atoms with van der Waals surface area (Å²) < 4.78 is 6.40. The van der Waals surface area contributed by atoms with Crippen molar-refractivity contribution in [1.82, 2.24) is 4.90 Å². The highest BCUT2D eigenvalue weighted by atomic mass is 16.5. The number of Topliss-reactive ketones (excluding diaryl/α,β-unsaturated/α-hetero) is 1. The highest BCUT2D eigenvalue weighted by molar-refractivity contribution is 5.98. The van der Waals surface area contributed by atoms with Crippen LogP contribution in [0.25, 0.3) is 0 Å². The Balaban J connectivity index is 1.54. The van der Waals surface area contributed by atoms with Gasteiger partial charge in [-0.2, -0.15) is 0 Å². The molecule has 0 N–H and O–H groups in total. The Kier molecular flexibility index (Phi) is 3.36. The number of likely N-dealkylation sites (N-methyl/N-ethyl adjacent to an activating group) is 1. The molecule has 1 saturated heterocycles. The van der Waals surface area contributed by atoms with E-state index in [1.54, 1.807) is 0 Å². The molecule has 2 fully saturated rings. The fourth-order valence-electron chi connectivity index (χ4n) is 5.01. The minimum Gasteiger partial charge on any atom is -0.493 e. The second-order valence-electron chi connectivity index (χ2n) is 7.76. The Morgan fingerprint density at radius 1 is 1.05 bits per heavy atom. The van der Waals surface area contributed by atoms with Gasteiger partial charge in [-0.25, -0.2) is 0 Å². The summed E-state index contributed by atoms with van der Waals surface area (Å²) in [5.41, 5.74) is 1.03. The molecule has 2 bridgehead atoms. The number of ketones is 1. The maximum Gasteiger partial charge on any atom is 0.167 e. The number of ether oxygens (including phenoxy) is 1. The van der Waals surface area contributed by atoms with Crippen LogP contribution in [0, 0.1) is 11.8 Å². The molecule has 0 aromatic rings. The zero-order valence-corrected chi connectivity index (χ0v) is 13.3. The van der Waals surface area contributed by atoms with Crippen molar-refractivity contribution in [3.8, 4) is 0 Å². The van der Waals surface area contributed by atoms with Crippen molar-refractivity contribution in [3.63, 3.8) is 0 Å². The Morgan fingerprint density at radius 2 is 1.81 bits per heavy atom. The number of carbonyl (C=O) groups is 1. The van der Waals surface area contributed by atoms with Gasteiger partial charge in [0.15, 0.2) is 5.78 Å². The van der Waals surface area contributed by atoms with Crippen LogP contribution in [0.3, 0.4) is 0 Å². The van der Waals surface area contributed by atoms with Crippen molar-refractivity contribution >= 4 is 5.78 Å². The van der Waals surface area contributed by atoms with E-state index < -0.39 is 0 Å². The van der Waals surface area contributed by atoms with Gasteiger partial charge in [0.2, 0.25) is 0 Å². The molecule has 3 heteroatoms. The molecule has 116 valence electrons. The second kappa shape index (κ2) is 5.12. The predicted molar refractivity (Wildman–Crippen MR) is 81.8 cm³/mol. The van der Waals surface area contributed by atoms with Gasteiger partial charge in [0.1, 0.15) is 11.9 Å². The monoisotopic (exact) mass is 289 g/mol. The third-order valence-electron chi connectivity index (χ3n) is 6.46. The first kappa shape index (κ1) is 13.8. The largest absolute Gasteiger partial charge is 0.493 e. The van der Waals surface area contributed by atoms with E-state index in [0.29, 0.717) is 30.2 Å². The first-order chi connectivity index (χ1) is 10.1. The lowest BCUT2D eigenvalue weighted by atomic mass is 9.77. The van der Waals surface area contributed by atoms with Crippen LogP contribution in [0.2, 0.25) is 0 Å². The lowest BCUT2D eigenvalue weighted by molar-refractivity contribution is -0.123. The molecule has 1 saturated carbocycles. The van der Waals surface area contributed by atoms with E-state index in [-0.39, 0.29) is 6.10 Å². The third kappa shape index (κ3) is 2.25. The smallest absolute Gasteiger partial charge is 0.167 e. The summed E-state index contributed by atoms with van der Waals surface area (Å²) in [5.74, 6) is 2.92. The lowest BCUT2D eigenvalue weighted by Crippen LogP contribution is -2.45. The first-order valence-corrected chi connectivity index (χ1v) is 8.78. The number of hydrogen-bond donors (Lipinski definition) is 0. The van der Waals surface area contributed by atoms with Gasteiger partial charge in [-0.15, -0.1) is 0 Å². The number of fused-ring (bicyclic) bond motifs is 3. The summed E-state index contributed by atoms with van der Waals surface area (Å²) in [5, 5.41) is 0. The molecule has 1 unspecified atom stereocenters. The van der Waals surface area contributed by atoms with Crippen LogP contribution in [0.15, 0.2) is 11.3 Å². The fraction of sp³-hybridized carbons (Fsp3) is 0.833. The minimum atomic E-state index is 0.173. The quantitative estimate of drug-likeness (QED) is 0.742. The molecule has 21 heavy (non-hydrogen) atoms. The van der Waals surface area contributed by atoms with Gasteiger partial charge in [0.05, 0.1) is 5.57 Å². The number of rotatable bonds is 1. The van der Waals surface area contributed by atoms with Crippen molar-refractivity contribution in [2.24, 2.45) is 11.8 Å². The second-order valence-corrected chi connectivity index (χ2v) is 7.76. The molecule has 0 radical (unpaired) electrons. The zero-order valence-electron chi connectivity index (χ0n) is 13.3. The van der Waals surface area contributed by atoms with Crippen LogP contribution in [0.1, 0.15) is 58.3 Å². The van der Waals surface area contributed by atoms with Crippen molar-refractivity contribution in [2.75, 3.05) is 7.05 Å². The topological polar surface area (TPSA) is 29.5 Å². The average molecular weight is 289 g/mol. The standard InChI is InChI=1S/C18H27NO2/c1-11-3-5-12(6-4-11)16-10-15(20)18-14-8-7-13(19(14)2)9-17(18)21-16/h11-14,16H,3-10H2,1-2H3/t11?,12?,13-,14?,16-/m1/s1. The van der Waals surface area contributed by atoms with Crippen LogP contribution in [0.5, 0.6) is 0 Å². The fourth-order valence-corrected chi connectivity index (χ4v) is 5.01. The summed E-state index contributed by atoms with van der Waals surface area (Å²) in [4.78, 5) is 15.1. The number of carbonyl (C=O) groups excluding carboxylic acids is 1. The van der Waals surface area contributed by atoms with E-state index in [1.807, 2.05) is 0 Å². The molecule has 0 aromatic heterocycles. The predicted octanol–water partition coefficient (Wildman–Crippen LogP) is 3.29. The Labute approximate surface area is 127 Å². The summed E-state index contributed by atoms with van der Waals surface area (Å²) in [6, 6.07) is 0.949. The van der Waals surface area contributed by atoms with E-state index in [4.69, 9.17) is 4.74 Å². The average Bonchev–Trinajstić information content (AvgIpc) is 2.71. The molecular formula is C18H27NO2.